The van der Waals surface area contributed by atoms with E-state index in [1.165, 1.54) is 19.2 Å². The van der Waals surface area contributed by atoms with E-state index in [-0.39, 0.29) is 16.5 Å². The molecule has 9 heteroatoms. The normalized spacial score (nSPS) is 13.1. The number of carbonyl (C=O) groups excluding carboxylic acids is 1. The maximum Gasteiger partial charge on any atom is 0.324 e. The number of hydrogen-bond acceptors (Lipinski definition) is 6. The first-order valence-electron chi connectivity index (χ1n) is 6.08. The summed E-state index contributed by atoms with van der Waals surface area (Å²) in [4.78, 5) is 22.6. The third-order valence-corrected chi connectivity index (χ3v) is 5.65. The molecule has 1 aromatic heterocycles. The fourth-order valence-electron chi connectivity index (χ4n) is 1.56. The first-order chi connectivity index (χ1) is 9.67. The Labute approximate surface area is 127 Å². The zero-order chi connectivity index (χ0) is 16.2. The Morgan fingerprint density at radius 1 is 1.38 bits per heavy atom. The number of rotatable bonds is 7. The second kappa shape index (κ2) is 7.01. The highest BCUT2D eigenvalue weighted by atomic mass is 32.2. The standard InChI is InChI=1S/C12H17NO6S2/c1-7(2)11(12(16)19-3)13-21(17,18)10-5-4-8(20-10)6-9(14)15/h4-5,7,11,13H,6H2,1-3H3,(H,14,15)/t11-/m0/s1. The SMILES string of the molecule is COC(=O)[C@@H](NS(=O)(=O)c1ccc(CC(=O)O)s1)C(C)C. The van der Waals surface area contributed by atoms with Gasteiger partial charge in [-0.2, -0.15) is 4.72 Å². The molecule has 0 fully saturated rings. The number of ether oxygens (including phenoxy) is 1. The summed E-state index contributed by atoms with van der Waals surface area (Å²) in [6.07, 6.45) is -0.245. The van der Waals surface area contributed by atoms with E-state index in [2.05, 4.69) is 9.46 Å². The van der Waals surface area contributed by atoms with Crippen LogP contribution in [0.1, 0.15) is 18.7 Å². The number of thiophene rings is 1. The largest absolute Gasteiger partial charge is 0.481 e. The summed E-state index contributed by atoms with van der Waals surface area (Å²) in [7, 11) is -2.72. The molecule has 0 aliphatic carbocycles. The average Bonchev–Trinajstić information content (AvgIpc) is 2.83. The first kappa shape index (κ1) is 17.6. The molecular formula is C12H17NO6S2. The smallest absolute Gasteiger partial charge is 0.324 e. The van der Waals surface area contributed by atoms with Crippen LogP contribution in [0.4, 0.5) is 0 Å². The molecule has 1 rings (SSSR count). The second-order valence-electron chi connectivity index (χ2n) is 4.66. The van der Waals surface area contributed by atoms with Crippen molar-refractivity contribution >= 4 is 33.3 Å². The van der Waals surface area contributed by atoms with Gasteiger partial charge in [-0.05, 0) is 18.1 Å². The second-order valence-corrected chi connectivity index (χ2v) is 7.77. The van der Waals surface area contributed by atoms with Crippen LogP contribution in [0, 0.1) is 5.92 Å². The number of esters is 1. The van der Waals surface area contributed by atoms with Crippen LogP contribution in [-0.2, 0) is 30.8 Å². The highest BCUT2D eigenvalue weighted by Crippen LogP contribution is 2.23. The third-order valence-electron chi connectivity index (χ3n) is 2.63. The predicted molar refractivity (Wildman–Crippen MR) is 76.6 cm³/mol. The molecule has 0 radical (unpaired) electrons. The van der Waals surface area contributed by atoms with Crippen molar-refractivity contribution in [3.63, 3.8) is 0 Å². The summed E-state index contributed by atoms with van der Waals surface area (Å²) in [5.74, 6) is -2.00. The molecule has 1 aromatic rings. The topological polar surface area (TPSA) is 110 Å². The van der Waals surface area contributed by atoms with Gasteiger partial charge in [-0.15, -0.1) is 11.3 Å². The lowest BCUT2D eigenvalue weighted by molar-refractivity contribution is -0.143. The Morgan fingerprint density at radius 2 is 2.00 bits per heavy atom. The van der Waals surface area contributed by atoms with Crippen molar-refractivity contribution in [1.29, 1.82) is 0 Å². The lowest BCUT2D eigenvalue weighted by Crippen LogP contribution is -2.44. The number of sulfonamides is 1. The maximum absolute atomic E-state index is 12.2. The van der Waals surface area contributed by atoms with Gasteiger partial charge in [0.25, 0.3) is 10.0 Å². The average molecular weight is 335 g/mol. The lowest BCUT2D eigenvalue weighted by atomic mass is 10.1. The zero-order valence-electron chi connectivity index (χ0n) is 11.8. The van der Waals surface area contributed by atoms with E-state index in [4.69, 9.17) is 5.11 Å². The monoisotopic (exact) mass is 335 g/mol. The van der Waals surface area contributed by atoms with Crippen LogP contribution in [0.2, 0.25) is 0 Å². The van der Waals surface area contributed by atoms with Crippen LogP contribution in [-0.4, -0.2) is 38.6 Å². The zero-order valence-corrected chi connectivity index (χ0v) is 13.5. The molecule has 1 atom stereocenters. The van der Waals surface area contributed by atoms with Gasteiger partial charge in [0.05, 0.1) is 13.5 Å². The first-order valence-corrected chi connectivity index (χ1v) is 8.38. The molecule has 0 spiro atoms. The molecule has 0 saturated carbocycles. The summed E-state index contributed by atoms with van der Waals surface area (Å²) in [5, 5.41) is 8.68. The van der Waals surface area contributed by atoms with E-state index in [1.807, 2.05) is 0 Å². The van der Waals surface area contributed by atoms with E-state index in [1.54, 1.807) is 13.8 Å². The van der Waals surface area contributed by atoms with E-state index < -0.39 is 28.0 Å². The number of aliphatic carboxylic acids is 1. The minimum absolute atomic E-state index is 0.0340. The summed E-state index contributed by atoms with van der Waals surface area (Å²) in [6, 6.07) is 1.76. The summed E-state index contributed by atoms with van der Waals surface area (Å²) in [6.45, 7) is 3.38. The fraction of sp³-hybridized carbons (Fsp3) is 0.500. The molecule has 0 unspecified atom stereocenters. The molecule has 0 aliphatic heterocycles. The van der Waals surface area contributed by atoms with Crippen LogP contribution in [0.15, 0.2) is 16.3 Å². The summed E-state index contributed by atoms with van der Waals surface area (Å²) < 4.78 is 31.2. The highest BCUT2D eigenvalue weighted by molar-refractivity contribution is 7.91. The summed E-state index contributed by atoms with van der Waals surface area (Å²) in [5.41, 5.74) is 0. The van der Waals surface area contributed by atoms with Gasteiger partial charge in [-0.25, -0.2) is 8.42 Å². The molecule has 2 N–H and O–H groups in total. The van der Waals surface area contributed by atoms with Crippen LogP contribution in [0.5, 0.6) is 0 Å². The fourth-order valence-corrected chi connectivity index (χ4v) is 4.25. The van der Waals surface area contributed by atoms with Crippen LogP contribution in [0.25, 0.3) is 0 Å². The summed E-state index contributed by atoms with van der Waals surface area (Å²) >= 11 is 0.858. The Bertz CT molecular complexity index is 619. The van der Waals surface area contributed by atoms with Crippen molar-refractivity contribution in [3.05, 3.63) is 17.0 Å². The quantitative estimate of drug-likeness (QED) is 0.715. The van der Waals surface area contributed by atoms with Gasteiger partial charge < -0.3 is 9.84 Å². The van der Waals surface area contributed by atoms with E-state index in [0.29, 0.717) is 4.88 Å². The minimum Gasteiger partial charge on any atom is -0.481 e. The molecule has 0 aromatic carbocycles. The van der Waals surface area contributed by atoms with Gasteiger partial charge in [-0.3, -0.25) is 9.59 Å². The van der Waals surface area contributed by atoms with Crippen molar-refractivity contribution < 1.29 is 27.9 Å². The minimum atomic E-state index is -3.90. The molecule has 0 bridgehead atoms. The van der Waals surface area contributed by atoms with Gasteiger partial charge in [0, 0.05) is 4.88 Å². The number of carboxylic acids is 1. The van der Waals surface area contributed by atoms with Crippen LogP contribution in [0.3, 0.4) is 0 Å². The number of carboxylic acid groups (broad SMARTS) is 1. The Hall–Kier alpha value is -1.45. The molecule has 7 nitrogen and oxygen atoms in total. The molecule has 0 aliphatic rings. The van der Waals surface area contributed by atoms with Crippen molar-refractivity contribution in [1.82, 2.24) is 4.72 Å². The Kier molecular flexibility index (Phi) is 5.87. The molecule has 1 heterocycles. The van der Waals surface area contributed by atoms with Gasteiger partial charge in [0.15, 0.2) is 0 Å². The Balaban J connectivity index is 2.97. The lowest BCUT2D eigenvalue weighted by Gasteiger charge is -2.19. The van der Waals surface area contributed by atoms with E-state index >= 15 is 0 Å². The molecule has 0 saturated heterocycles. The number of nitrogens with one attached hydrogen (secondary N) is 1. The van der Waals surface area contributed by atoms with Crippen molar-refractivity contribution in [2.24, 2.45) is 5.92 Å². The predicted octanol–water partition coefficient (Wildman–Crippen LogP) is 0.851. The van der Waals surface area contributed by atoms with Crippen LogP contribution < -0.4 is 4.72 Å². The molecule has 0 amide bonds. The van der Waals surface area contributed by atoms with Crippen molar-refractivity contribution in [3.8, 4) is 0 Å². The molecule has 118 valence electrons. The van der Waals surface area contributed by atoms with Gasteiger partial charge >= 0.3 is 11.9 Å². The maximum atomic E-state index is 12.2. The van der Waals surface area contributed by atoms with Gasteiger partial charge in [0.1, 0.15) is 10.3 Å². The number of hydrogen-bond donors (Lipinski definition) is 2. The van der Waals surface area contributed by atoms with E-state index in [9.17, 15) is 18.0 Å². The highest BCUT2D eigenvalue weighted by Gasteiger charge is 2.29. The number of carbonyl (C=O) groups is 2. The number of methoxy groups -OCH3 is 1. The Morgan fingerprint density at radius 3 is 2.48 bits per heavy atom. The van der Waals surface area contributed by atoms with Crippen molar-refractivity contribution in [2.45, 2.75) is 30.5 Å². The third kappa shape index (κ3) is 4.80. The van der Waals surface area contributed by atoms with Gasteiger partial charge in [0.2, 0.25) is 0 Å². The van der Waals surface area contributed by atoms with Gasteiger partial charge in [-0.1, -0.05) is 13.8 Å². The van der Waals surface area contributed by atoms with E-state index in [0.717, 1.165) is 11.3 Å². The van der Waals surface area contributed by atoms with Crippen molar-refractivity contribution in [2.75, 3.05) is 7.11 Å². The molecular weight excluding hydrogens is 318 g/mol. The van der Waals surface area contributed by atoms with Crippen LogP contribution >= 0.6 is 11.3 Å². The molecule has 21 heavy (non-hydrogen) atoms.